The fourth-order valence-corrected chi connectivity index (χ4v) is 2.67. The average molecular weight is 266 g/mol. The summed E-state index contributed by atoms with van der Waals surface area (Å²) in [6.07, 6.45) is 3.59. The van der Waals surface area contributed by atoms with Crippen molar-refractivity contribution in [2.45, 2.75) is 31.8 Å². The topological polar surface area (TPSA) is 24.5 Å². The lowest BCUT2D eigenvalue weighted by Gasteiger charge is -2.27. The molecule has 0 aliphatic carbocycles. The summed E-state index contributed by atoms with van der Waals surface area (Å²) in [7, 11) is 3.61. The van der Waals surface area contributed by atoms with Crippen LogP contribution in [0.3, 0.4) is 0 Å². The lowest BCUT2D eigenvalue weighted by Crippen LogP contribution is -2.32. The maximum atomic E-state index is 13.7. The van der Waals surface area contributed by atoms with Gasteiger partial charge in [0.2, 0.25) is 0 Å². The molecule has 0 spiro atoms. The summed E-state index contributed by atoms with van der Waals surface area (Å²) < 4.78 is 18.6. The molecule has 1 fully saturated rings. The zero-order chi connectivity index (χ0) is 13.7. The van der Waals surface area contributed by atoms with Crippen LogP contribution in [0.2, 0.25) is 0 Å². The van der Waals surface area contributed by atoms with E-state index in [-0.39, 0.29) is 5.82 Å². The van der Waals surface area contributed by atoms with Crippen LogP contribution in [0.1, 0.15) is 24.8 Å². The van der Waals surface area contributed by atoms with Gasteiger partial charge < -0.3 is 10.1 Å². The normalized spacial score (nSPS) is 20.3. The summed E-state index contributed by atoms with van der Waals surface area (Å²) in [5.41, 5.74) is 0.998. The van der Waals surface area contributed by atoms with Crippen molar-refractivity contribution >= 4 is 0 Å². The second kappa shape index (κ2) is 6.87. The van der Waals surface area contributed by atoms with Crippen LogP contribution in [0.25, 0.3) is 0 Å². The largest absolute Gasteiger partial charge is 0.494 e. The number of methoxy groups -OCH3 is 1. The lowest BCUT2D eigenvalue weighted by molar-refractivity contribution is 0.216. The van der Waals surface area contributed by atoms with Crippen LogP contribution < -0.4 is 10.1 Å². The minimum Gasteiger partial charge on any atom is -0.494 e. The molecule has 2 rings (SSSR count). The van der Waals surface area contributed by atoms with Crippen LogP contribution in [0.4, 0.5) is 4.39 Å². The van der Waals surface area contributed by atoms with Crippen molar-refractivity contribution in [2.24, 2.45) is 0 Å². The highest BCUT2D eigenvalue weighted by molar-refractivity contribution is 5.29. The van der Waals surface area contributed by atoms with Gasteiger partial charge in [0.05, 0.1) is 7.11 Å². The van der Waals surface area contributed by atoms with Crippen molar-refractivity contribution < 1.29 is 9.13 Å². The molecule has 0 aromatic heterocycles. The Balaban J connectivity index is 1.97. The number of benzene rings is 1. The molecule has 1 aromatic rings. The Morgan fingerprint density at radius 1 is 1.37 bits per heavy atom. The molecule has 1 saturated heterocycles. The molecule has 0 radical (unpaired) electrons. The van der Waals surface area contributed by atoms with Crippen LogP contribution in [0.15, 0.2) is 18.2 Å². The number of rotatable bonds is 4. The number of halogens is 1. The Labute approximate surface area is 114 Å². The highest BCUT2D eigenvalue weighted by Crippen LogP contribution is 2.20. The maximum absolute atomic E-state index is 13.7. The summed E-state index contributed by atoms with van der Waals surface area (Å²) in [6.45, 7) is 2.97. The Kier molecular flexibility index (Phi) is 5.16. The third-order valence-electron chi connectivity index (χ3n) is 3.82. The van der Waals surface area contributed by atoms with Crippen LogP contribution in [0.5, 0.6) is 5.75 Å². The van der Waals surface area contributed by atoms with E-state index in [4.69, 9.17) is 4.74 Å². The molecule has 0 amide bonds. The van der Waals surface area contributed by atoms with Crippen molar-refractivity contribution in [1.29, 1.82) is 0 Å². The number of hydrogen-bond acceptors (Lipinski definition) is 3. The van der Waals surface area contributed by atoms with Gasteiger partial charge in [0.25, 0.3) is 0 Å². The highest BCUT2D eigenvalue weighted by atomic mass is 19.1. The minimum atomic E-state index is -0.282. The molecule has 1 unspecified atom stereocenters. The fourth-order valence-electron chi connectivity index (χ4n) is 2.67. The number of hydrogen-bond donors (Lipinski definition) is 1. The van der Waals surface area contributed by atoms with E-state index in [1.54, 1.807) is 12.1 Å². The molecule has 1 atom stereocenters. The van der Waals surface area contributed by atoms with Gasteiger partial charge in [-0.2, -0.15) is 0 Å². The van der Waals surface area contributed by atoms with Gasteiger partial charge in [0.1, 0.15) is 0 Å². The second-order valence-electron chi connectivity index (χ2n) is 5.22. The first-order valence-corrected chi connectivity index (χ1v) is 6.94. The predicted molar refractivity (Wildman–Crippen MR) is 74.9 cm³/mol. The van der Waals surface area contributed by atoms with Crippen LogP contribution >= 0.6 is 0 Å². The summed E-state index contributed by atoms with van der Waals surface area (Å²) in [4.78, 5) is 2.33. The summed E-state index contributed by atoms with van der Waals surface area (Å²) in [5.74, 6) is 0.0287. The van der Waals surface area contributed by atoms with Crippen LogP contribution in [-0.2, 0) is 6.54 Å². The molecule has 1 heterocycles. The highest BCUT2D eigenvalue weighted by Gasteiger charge is 2.17. The Morgan fingerprint density at radius 2 is 2.21 bits per heavy atom. The molecule has 3 nitrogen and oxygen atoms in total. The molecule has 19 heavy (non-hydrogen) atoms. The van der Waals surface area contributed by atoms with Gasteiger partial charge in [-0.25, -0.2) is 4.39 Å². The number of nitrogens with zero attached hydrogens (tertiary/aromatic N) is 1. The van der Waals surface area contributed by atoms with Gasteiger partial charge >= 0.3 is 0 Å². The first kappa shape index (κ1) is 14.3. The number of nitrogens with one attached hydrogen (secondary N) is 1. The third-order valence-corrected chi connectivity index (χ3v) is 3.82. The van der Waals surface area contributed by atoms with E-state index in [1.165, 1.54) is 20.0 Å². The van der Waals surface area contributed by atoms with E-state index in [1.807, 2.05) is 6.07 Å². The van der Waals surface area contributed by atoms with Gasteiger partial charge in [-0.3, -0.25) is 4.90 Å². The van der Waals surface area contributed by atoms with Gasteiger partial charge in [-0.05, 0) is 57.1 Å². The summed E-state index contributed by atoms with van der Waals surface area (Å²) in [6, 6.07) is 5.80. The van der Waals surface area contributed by atoms with Crippen molar-refractivity contribution in [1.82, 2.24) is 10.2 Å². The van der Waals surface area contributed by atoms with E-state index >= 15 is 0 Å². The molecule has 0 bridgehead atoms. The van der Waals surface area contributed by atoms with E-state index < -0.39 is 0 Å². The predicted octanol–water partition coefficient (Wildman–Crippen LogP) is 2.41. The standard InChI is InChI=1S/C15H23FN2O/c1-18(13-4-3-8-17-9-7-13)11-12-5-6-15(19-2)14(16)10-12/h5-6,10,13,17H,3-4,7-9,11H2,1-2H3. The zero-order valence-corrected chi connectivity index (χ0v) is 11.8. The molecular weight excluding hydrogens is 243 g/mol. The van der Waals surface area contributed by atoms with Crippen molar-refractivity contribution in [3.05, 3.63) is 29.6 Å². The second-order valence-corrected chi connectivity index (χ2v) is 5.22. The third kappa shape index (κ3) is 3.91. The van der Waals surface area contributed by atoms with Crippen LogP contribution in [0, 0.1) is 5.82 Å². The zero-order valence-electron chi connectivity index (χ0n) is 11.8. The van der Waals surface area contributed by atoms with Crippen LogP contribution in [-0.4, -0.2) is 38.2 Å². The van der Waals surface area contributed by atoms with Crippen molar-refractivity contribution in [3.63, 3.8) is 0 Å². The minimum absolute atomic E-state index is 0.282. The molecule has 4 heteroatoms. The molecule has 1 N–H and O–H groups in total. The van der Waals surface area contributed by atoms with E-state index in [0.717, 1.165) is 31.6 Å². The maximum Gasteiger partial charge on any atom is 0.165 e. The lowest BCUT2D eigenvalue weighted by atomic mass is 10.1. The van der Waals surface area contributed by atoms with Crippen molar-refractivity contribution in [3.8, 4) is 5.75 Å². The Bertz CT molecular complexity index is 403. The summed E-state index contributed by atoms with van der Waals surface area (Å²) >= 11 is 0. The monoisotopic (exact) mass is 266 g/mol. The molecule has 1 aliphatic rings. The Hall–Kier alpha value is -1.13. The quantitative estimate of drug-likeness (QED) is 0.905. The molecule has 1 aromatic carbocycles. The first-order valence-electron chi connectivity index (χ1n) is 6.94. The summed E-state index contributed by atoms with van der Waals surface area (Å²) in [5, 5.41) is 3.42. The first-order chi connectivity index (χ1) is 9.20. The number of ether oxygens (including phenoxy) is 1. The van der Waals surface area contributed by atoms with E-state index in [2.05, 4.69) is 17.3 Å². The Morgan fingerprint density at radius 3 is 2.95 bits per heavy atom. The fraction of sp³-hybridized carbons (Fsp3) is 0.600. The van der Waals surface area contributed by atoms with Crippen molar-refractivity contribution in [2.75, 3.05) is 27.2 Å². The van der Waals surface area contributed by atoms with E-state index in [9.17, 15) is 4.39 Å². The average Bonchev–Trinajstić information content (AvgIpc) is 2.68. The smallest absolute Gasteiger partial charge is 0.165 e. The van der Waals surface area contributed by atoms with Gasteiger partial charge in [0.15, 0.2) is 11.6 Å². The SMILES string of the molecule is COc1ccc(CN(C)C2CCCNCC2)cc1F. The molecule has 0 saturated carbocycles. The molecule has 1 aliphatic heterocycles. The van der Waals surface area contributed by atoms with E-state index in [0.29, 0.717) is 11.8 Å². The van der Waals surface area contributed by atoms with Gasteiger partial charge in [-0.1, -0.05) is 6.07 Å². The molecule has 106 valence electrons. The van der Waals surface area contributed by atoms with Gasteiger partial charge in [0, 0.05) is 12.6 Å². The molecular formula is C15H23FN2O. The van der Waals surface area contributed by atoms with Gasteiger partial charge in [-0.15, -0.1) is 0 Å².